The van der Waals surface area contributed by atoms with E-state index in [0.717, 1.165) is 15.6 Å². The van der Waals surface area contributed by atoms with E-state index in [0.29, 0.717) is 5.88 Å². The quantitative estimate of drug-likeness (QED) is 0.898. The molecule has 0 radical (unpaired) electrons. The summed E-state index contributed by atoms with van der Waals surface area (Å²) in [4.78, 5) is 4.15. The Morgan fingerprint density at radius 2 is 2.24 bits per heavy atom. The van der Waals surface area contributed by atoms with Crippen LogP contribution in [0.1, 0.15) is 18.0 Å². The fourth-order valence-electron chi connectivity index (χ4n) is 1.36. The molecule has 5 nitrogen and oxygen atoms in total. The van der Waals surface area contributed by atoms with Gasteiger partial charge in [-0.3, -0.25) is 0 Å². The second-order valence-electron chi connectivity index (χ2n) is 3.52. The second-order valence-corrected chi connectivity index (χ2v) is 4.53. The minimum atomic E-state index is 0.198. The van der Waals surface area contributed by atoms with E-state index in [4.69, 9.17) is 4.74 Å². The van der Waals surface area contributed by atoms with Gasteiger partial charge in [-0.15, -0.1) is 10.2 Å². The molecule has 0 aliphatic heterocycles. The number of nitrogens with one attached hydrogen (secondary N) is 1. The Bertz CT molecular complexity index is 500. The third-order valence-electron chi connectivity index (χ3n) is 2.44. The molecule has 6 heteroatoms. The Kier molecular flexibility index (Phi) is 3.65. The van der Waals surface area contributed by atoms with Gasteiger partial charge in [0.25, 0.3) is 0 Å². The molecule has 0 spiro atoms. The average Bonchev–Trinajstić information content (AvgIpc) is 2.87. The van der Waals surface area contributed by atoms with E-state index in [2.05, 4.69) is 20.5 Å². The zero-order chi connectivity index (χ0) is 12.3. The maximum atomic E-state index is 5.21. The van der Waals surface area contributed by atoms with Crippen molar-refractivity contribution in [2.24, 2.45) is 0 Å². The van der Waals surface area contributed by atoms with Gasteiger partial charge in [0.15, 0.2) is 5.01 Å². The average molecular weight is 250 g/mol. The number of aromatic nitrogens is 3. The summed E-state index contributed by atoms with van der Waals surface area (Å²) in [5.74, 6) is 0.576. The summed E-state index contributed by atoms with van der Waals surface area (Å²) in [5, 5.41) is 13.2. The molecule has 1 N–H and O–H groups in total. The van der Waals surface area contributed by atoms with Crippen LogP contribution in [0.4, 0.5) is 0 Å². The molecule has 0 aromatic carbocycles. The molecule has 2 aromatic heterocycles. The van der Waals surface area contributed by atoms with E-state index in [1.54, 1.807) is 24.6 Å². The van der Waals surface area contributed by atoms with Crippen molar-refractivity contribution in [2.75, 3.05) is 14.2 Å². The number of methoxy groups -OCH3 is 1. The molecule has 0 bridgehead atoms. The highest BCUT2D eigenvalue weighted by Crippen LogP contribution is 2.31. The standard InChI is InChI=1S/C11H14N4OS/c1-7(12-2)10-14-15-11(17-10)8-5-4-6-13-9(8)16-3/h4-7,12H,1-3H3. The first-order chi connectivity index (χ1) is 8.26. The minimum Gasteiger partial charge on any atom is -0.480 e. The summed E-state index contributed by atoms with van der Waals surface area (Å²) in [6, 6.07) is 3.99. The molecule has 0 aliphatic rings. The lowest BCUT2D eigenvalue weighted by Gasteiger charge is -2.04. The number of rotatable bonds is 4. The number of hydrogen-bond donors (Lipinski definition) is 1. The summed E-state index contributed by atoms with van der Waals surface area (Å²) in [6.07, 6.45) is 1.69. The fraction of sp³-hybridized carbons (Fsp3) is 0.364. The monoisotopic (exact) mass is 250 g/mol. The molecule has 2 rings (SSSR count). The van der Waals surface area contributed by atoms with Crippen LogP contribution in [0.15, 0.2) is 18.3 Å². The lowest BCUT2D eigenvalue weighted by Crippen LogP contribution is -2.11. The smallest absolute Gasteiger partial charge is 0.223 e. The Labute approximate surface area is 104 Å². The van der Waals surface area contributed by atoms with Crippen LogP contribution in [0, 0.1) is 0 Å². The van der Waals surface area contributed by atoms with E-state index in [-0.39, 0.29) is 6.04 Å². The zero-order valence-electron chi connectivity index (χ0n) is 9.97. The van der Waals surface area contributed by atoms with Gasteiger partial charge in [-0.2, -0.15) is 0 Å². The van der Waals surface area contributed by atoms with Crippen molar-refractivity contribution >= 4 is 11.3 Å². The molecule has 17 heavy (non-hydrogen) atoms. The summed E-state index contributed by atoms with van der Waals surface area (Å²) >= 11 is 1.54. The normalized spacial score (nSPS) is 12.4. The van der Waals surface area contributed by atoms with Crippen LogP contribution in [0.3, 0.4) is 0 Å². The van der Waals surface area contributed by atoms with E-state index in [9.17, 15) is 0 Å². The highest BCUT2D eigenvalue weighted by molar-refractivity contribution is 7.14. The first-order valence-corrected chi connectivity index (χ1v) is 6.08. The summed E-state index contributed by atoms with van der Waals surface area (Å²) in [5.41, 5.74) is 0.877. The molecule has 0 fully saturated rings. The highest BCUT2D eigenvalue weighted by Gasteiger charge is 2.14. The molecule has 0 aliphatic carbocycles. The molecule has 2 aromatic rings. The van der Waals surface area contributed by atoms with Gasteiger partial charge in [0.1, 0.15) is 5.01 Å². The Morgan fingerprint density at radius 1 is 1.41 bits per heavy atom. The van der Waals surface area contributed by atoms with Crippen molar-refractivity contribution < 1.29 is 4.74 Å². The van der Waals surface area contributed by atoms with Crippen molar-refractivity contribution in [3.05, 3.63) is 23.3 Å². The van der Waals surface area contributed by atoms with E-state index < -0.39 is 0 Å². The Balaban J connectivity index is 2.37. The van der Waals surface area contributed by atoms with Gasteiger partial charge in [-0.25, -0.2) is 4.98 Å². The second kappa shape index (κ2) is 5.20. The van der Waals surface area contributed by atoms with E-state index >= 15 is 0 Å². The predicted octanol–water partition coefficient (Wildman–Crippen LogP) is 1.89. The third kappa shape index (κ3) is 2.42. The van der Waals surface area contributed by atoms with Gasteiger partial charge in [0.2, 0.25) is 5.88 Å². The molecular weight excluding hydrogens is 236 g/mol. The van der Waals surface area contributed by atoms with Crippen LogP contribution >= 0.6 is 11.3 Å². The summed E-state index contributed by atoms with van der Waals surface area (Å²) in [7, 11) is 3.50. The fourth-order valence-corrected chi connectivity index (χ4v) is 2.28. The van der Waals surface area contributed by atoms with E-state index in [1.807, 2.05) is 26.1 Å². The van der Waals surface area contributed by atoms with Gasteiger partial charge in [-0.1, -0.05) is 11.3 Å². The topological polar surface area (TPSA) is 59.9 Å². The van der Waals surface area contributed by atoms with Crippen molar-refractivity contribution in [1.82, 2.24) is 20.5 Å². The van der Waals surface area contributed by atoms with Gasteiger partial charge in [-0.05, 0) is 26.1 Å². The molecule has 0 saturated heterocycles. The predicted molar refractivity (Wildman–Crippen MR) is 67.2 cm³/mol. The maximum Gasteiger partial charge on any atom is 0.223 e. The van der Waals surface area contributed by atoms with Crippen LogP contribution in [-0.2, 0) is 0 Å². The number of nitrogens with zero attached hydrogens (tertiary/aromatic N) is 3. The van der Waals surface area contributed by atoms with Crippen molar-refractivity contribution in [2.45, 2.75) is 13.0 Å². The van der Waals surface area contributed by atoms with E-state index in [1.165, 1.54) is 0 Å². The first kappa shape index (κ1) is 11.9. The molecule has 1 atom stereocenters. The van der Waals surface area contributed by atoms with Crippen LogP contribution in [0.2, 0.25) is 0 Å². The maximum absolute atomic E-state index is 5.21. The molecule has 0 saturated carbocycles. The van der Waals surface area contributed by atoms with Gasteiger partial charge in [0, 0.05) is 6.20 Å². The Morgan fingerprint density at radius 3 is 2.94 bits per heavy atom. The van der Waals surface area contributed by atoms with Crippen molar-refractivity contribution in [1.29, 1.82) is 0 Å². The lowest BCUT2D eigenvalue weighted by molar-refractivity contribution is 0.399. The van der Waals surface area contributed by atoms with Crippen LogP contribution in [0.25, 0.3) is 10.6 Å². The van der Waals surface area contributed by atoms with Crippen LogP contribution < -0.4 is 10.1 Å². The number of hydrogen-bond acceptors (Lipinski definition) is 6. The van der Waals surface area contributed by atoms with Gasteiger partial charge >= 0.3 is 0 Å². The largest absolute Gasteiger partial charge is 0.480 e. The van der Waals surface area contributed by atoms with Crippen LogP contribution in [-0.4, -0.2) is 29.3 Å². The molecular formula is C11H14N4OS. The summed E-state index contributed by atoms with van der Waals surface area (Å²) in [6.45, 7) is 2.05. The van der Waals surface area contributed by atoms with Gasteiger partial charge < -0.3 is 10.1 Å². The van der Waals surface area contributed by atoms with Gasteiger partial charge in [0.05, 0.1) is 18.7 Å². The molecule has 2 heterocycles. The molecule has 1 unspecified atom stereocenters. The number of pyridine rings is 1. The lowest BCUT2D eigenvalue weighted by atomic mass is 10.3. The molecule has 0 amide bonds. The summed E-state index contributed by atoms with van der Waals surface area (Å²) < 4.78 is 5.21. The van der Waals surface area contributed by atoms with Crippen molar-refractivity contribution in [3.8, 4) is 16.5 Å². The Hall–Kier alpha value is -1.53. The number of ether oxygens (including phenoxy) is 1. The molecule has 90 valence electrons. The van der Waals surface area contributed by atoms with Crippen molar-refractivity contribution in [3.63, 3.8) is 0 Å². The zero-order valence-corrected chi connectivity index (χ0v) is 10.8. The SMILES string of the molecule is CNC(C)c1nnc(-c2cccnc2OC)s1. The minimum absolute atomic E-state index is 0.198. The first-order valence-electron chi connectivity index (χ1n) is 5.26. The van der Waals surface area contributed by atoms with Crippen LogP contribution in [0.5, 0.6) is 5.88 Å². The third-order valence-corrected chi connectivity index (χ3v) is 3.58. The highest BCUT2D eigenvalue weighted by atomic mass is 32.1.